The molecule has 0 saturated carbocycles. The van der Waals surface area contributed by atoms with E-state index in [1.165, 1.54) is 18.2 Å². The maximum Gasteiger partial charge on any atom is 0.289 e. The Bertz CT molecular complexity index is 1210. The number of nitro benzene ring substituents is 1. The molecule has 12 nitrogen and oxygen atoms in total. The van der Waals surface area contributed by atoms with Crippen molar-refractivity contribution in [3.63, 3.8) is 0 Å². The number of benzene rings is 2. The van der Waals surface area contributed by atoms with Crippen LogP contribution in [0.2, 0.25) is 0 Å². The summed E-state index contributed by atoms with van der Waals surface area (Å²) in [4.78, 5) is 30.4. The fraction of sp³-hybridized carbons (Fsp3) is 0.286. The third-order valence-electron chi connectivity index (χ3n) is 5.02. The molecule has 0 radical (unpaired) electrons. The molecule has 0 aromatic heterocycles. The van der Waals surface area contributed by atoms with Crippen molar-refractivity contribution < 1.29 is 28.2 Å². The average molecular weight is 490 g/mol. The molecule has 0 aliphatic carbocycles. The summed E-state index contributed by atoms with van der Waals surface area (Å²) in [5.74, 6) is 0. The van der Waals surface area contributed by atoms with E-state index >= 15 is 0 Å². The maximum absolute atomic E-state index is 13.7. The van der Waals surface area contributed by atoms with Crippen LogP contribution in [-0.2, 0) is 21.5 Å². The Hall–Kier alpha value is -3.52. The molecule has 2 aromatic rings. The Morgan fingerprint density at radius 2 is 1.76 bits per heavy atom. The lowest BCUT2D eigenvalue weighted by atomic mass is 10.00. The van der Waals surface area contributed by atoms with Crippen LogP contribution in [0.15, 0.2) is 76.1 Å². The largest absolute Gasteiger partial charge is 0.390 e. The van der Waals surface area contributed by atoms with Crippen molar-refractivity contribution in [1.82, 2.24) is 4.47 Å². The minimum absolute atomic E-state index is 0.131. The summed E-state index contributed by atoms with van der Waals surface area (Å²) in [6.07, 6.45) is 1.26. The van der Waals surface area contributed by atoms with Gasteiger partial charge in [-0.25, -0.2) is 8.42 Å². The number of aliphatic hydroxyl groups excluding tert-OH is 1. The molecule has 1 unspecified atom stereocenters. The van der Waals surface area contributed by atoms with Crippen LogP contribution < -0.4 is 0 Å². The first-order valence-electron chi connectivity index (χ1n) is 10.1. The molecule has 1 atom stereocenters. The number of hydrogen-bond donors (Lipinski definition) is 1. The Labute approximate surface area is 195 Å². The van der Waals surface area contributed by atoms with Gasteiger partial charge in [0.05, 0.1) is 36.4 Å². The van der Waals surface area contributed by atoms with Crippen molar-refractivity contribution in [2.24, 2.45) is 4.99 Å². The van der Waals surface area contributed by atoms with Crippen LogP contribution >= 0.6 is 0 Å². The van der Waals surface area contributed by atoms with Gasteiger partial charge < -0.3 is 5.11 Å². The zero-order chi connectivity index (χ0) is 24.7. The van der Waals surface area contributed by atoms with Gasteiger partial charge in [-0.05, 0) is 23.3 Å². The van der Waals surface area contributed by atoms with Crippen molar-refractivity contribution in [1.29, 1.82) is 0 Å². The summed E-state index contributed by atoms with van der Waals surface area (Å²) < 4.78 is 27.9. The lowest BCUT2D eigenvalue weighted by Crippen LogP contribution is -2.45. The number of rotatable bonds is 11. The van der Waals surface area contributed by atoms with Crippen LogP contribution in [0, 0.1) is 20.2 Å². The van der Waals surface area contributed by atoms with Crippen molar-refractivity contribution in [3.05, 3.63) is 92.0 Å². The molecule has 3 rings (SSSR count). The number of aliphatic imine (C=N–C) groups is 1. The standard InChI is InChI=1S/C21H22N4O8S/c26-14-18-12-17(10-11-23(27)28)20(13-22-18)25(33-15-16-6-2-1-3-7-16)34(31,32)21-9-5-4-8-19(21)24(29)30/h1-9,12,20,26H,10-11,13-15H2. The molecule has 0 fully saturated rings. The lowest BCUT2D eigenvalue weighted by Gasteiger charge is -2.32. The molecule has 34 heavy (non-hydrogen) atoms. The first-order chi connectivity index (χ1) is 16.2. The van der Waals surface area contributed by atoms with Gasteiger partial charge in [0, 0.05) is 17.4 Å². The first kappa shape index (κ1) is 25.1. The van der Waals surface area contributed by atoms with Gasteiger partial charge in [-0.3, -0.25) is 30.1 Å². The second-order valence-corrected chi connectivity index (χ2v) is 9.03. The minimum atomic E-state index is -4.62. The van der Waals surface area contributed by atoms with E-state index in [1.54, 1.807) is 30.3 Å². The van der Waals surface area contributed by atoms with E-state index in [0.29, 0.717) is 15.6 Å². The highest BCUT2D eigenvalue weighted by molar-refractivity contribution is 7.89. The zero-order valence-electron chi connectivity index (χ0n) is 17.9. The molecule has 13 heteroatoms. The third-order valence-corrected chi connectivity index (χ3v) is 6.76. The van der Waals surface area contributed by atoms with Crippen LogP contribution in [-0.4, -0.2) is 59.3 Å². The maximum atomic E-state index is 13.7. The molecular weight excluding hydrogens is 468 g/mol. The Morgan fingerprint density at radius 3 is 2.41 bits per heavy atom. The van der Waals surface area contributed by atoms with E-state index in [0.717, 1.165) is 12.1 Å². The monoisotopic (exact) mass is 490 g/mol. The molecule has 180 valence electrons. The van der Waals surface area contributed by atoms with Gasteiger partial charge in [0.15, 0.2) is 4.90 Å². The van der Waals surface area contributed by atoms with Gasteiger partial charge in [0.1, 0.15) is 0 Å². The van der Waals surface area contributed by atoms with Crippen molar-refractivity contribution >= 4 is 21.4 Å². The predicted octanol–water partition coefficient (Wildman–Crippen LogP) is 2.13. The number of dihydropyridines is 1. The Kier molecular flexibility index (Phi) is 8.17. The molecule has 2 aromatic carbocycles. The summed E-state index contributed by atoms with van der Waals surface area (Å²) in [6.45, 7) is -1.29. The van der Waals surface area contributed by atoms with Crippen LogP contribution in [0.5, 0.6) is 0 Å². The SMILES string of the molecule is O=[N+]([O-])CCC1=CC(CO)=NCC1N(OCc1ccccc1)S(=O)(=O)c1ccccc1[N+](=O)[O-]. The molecule has 1 N–H and O–H groups in total. The van der Waals surface area contributed by atoms with Crippen molar-refractivity contribution in [2.45, 2.75) is 24.0 Å². The molecular formula is C21H22N4O8S. The Balaban J connectivity index is 2.06. The average Bonchev–Trinajstić information content (AvgIpc) is 2.83. The van der Waals surface area contributed by atoms with E-state index in [9.17, 15) is 33.8 Å². The number of nitro groups is 2. The van der Waals surface area contributed by atoms with Crippen LogP contribution in [0.3, 0.4) is 0 Å². The molecule has 0 amide bonds. The van der Waals surface area contributed by atoms with Crippen molar-refractivity contribution in [2.75, 3.05) is 19.7 Å². The molecule has 0 bridgehead atoms. The second-order valence-electron chi connectivity index (χ2n) is 7.28. The molecule has 1 aliphatic heterocycles. The quantitative estimate of drug-likeness (QED) is 0.369. The summed E-state index contributed by atoms with van der Waals surface area (Å²) in [7, 11) is -4.62. The van der Waals surface area contributed by atoms with E-state index in [-0.39, 0.29) is 25.3 Å². The van der Waals surface area contributed by atoms with Crippen molar-refractivity contribution in [3.8, 4) is 0 Å². The van der Waals surface area contributed by atoms with Gasteiger partial charge >= 0.3 is 0 Å². The summed E-state index contributed by atoms with van der Waals surface area (Å²) in [6, 6.07) is 12.4. The van der Waals surface area contributed by atoms with Crippen LogP contribution in [0.25, 0.3) is 0 Å². The normalized spacial score (nSPS) is 16.1. The first-order valence-corrected chi connectivity index (χ1v) is 11.6. The summed E-state index contributed by atoms with van der Waals surface area (Å²) in [5.41, 5.74) is 0.532. The van der Waals surface area contributed by atoms with Gasteiger partial charge in [-0.2, -0.15) is 0 Å². The van der Waals surface area contributed by atoms with Crippen LogP contribution in [0.1, 0.15) is 12.0 Å². The molecule has 1 aliphatic rings. The number of hydroxylamine groups is 1. The van der Waals surface area contributed by atoms with Gasteiger partial charge in [-0.1, -0.05) is 46.9 Å². The predicted molar refractivity (Wildman–Crippen MR) is 121 cm³/mol. The van der Waals surface area contributed by atoms with Crippen LogP contribution in [0.4, 0.5) is 5.69 Å². The highest BCUT2D eigenvalue weighted by Gasteiger charge is 2.40. The summed E-state index contributed by atoms with van der Waals surface area (Å²) in [5, 5.41) is 31.9. The molecule has 0 spiro atoms. The fourth-order valence-corrected chi connectivity index (χ4v) is 4.98. The van der Waals surface area contributed by atoms with Gasteiger partial charge in [0.2, 0.25) is 6.54 Å². The highest BCUT2D eigenvalue weighted by Crippen LogP contribution is 2.31. The number of sulfonamides is 1. The van der Waals surface area contributed by atoms with E-state index in [4.69, 9.17) is 4.84 Å². The summed E-state index contributed by atoms with van der Waals surface area (Å²) >= 11 is 0. The number of hydrogen-bond acceptors (Lipinski definition) is 9. The molecule has 1 heterocycles. The highest BCUT2D eigenvalue weighted by atomic mass is 32.2. The lowest BCUT2D eigenvalue weighted by molar-refractivity contribution is -0.479. The van der Waals surface area contributed by atoms with Gasteiger partial charge in [0.25, 0.3) is 15.7 Å². The van der Waals surface area contributed by atoms with E-state index < -0.39 is 49.6 Å². The minimum Gasteiger partial charge on any atom is -0.390 e. The third kappa shape index (κ3) is 5.88. The smallest absolute Gasteiger partial charge is 0.289 e. The number of para-hydroxylation sites is 1. The van der Waals surface area contributed by atoms with Gasteiger partial charge in [-0.15, -0.1) is 0 Å². The zero-order valence-corrected chi connectivity index (χ0v) is 18.7. The van der Waals surface area contributed by atoms with E-state index in [2.05, 4.69) is 4.99 Å². The Morgan fingerprint density at radius 1 is 1.09 bits per heavy atom. The number of nitrogens with zero attached hydrogens (tertiary/aromatic N) is 4. The fourth-order valence-electron chi connectivity index (χ4n) is 3.40. The topological polar surface area (TPSA) is 165 Å². The van der Waals surface area contributed by atoms with E-state index in [1.807, 2.05) is 0 Å². The molecule has 0 saturated heterocycles. The number of aliphatic hydroxyl groups is 1. The second kappa shape index (κ2) is 11.1.